The zero-order valence-corrected chi connectivity index (χ0v) is 12.1. The van der Waals surface area contributed by atoms with Gasteiger partial charge < -0.3 is 14.5 Å². The lowest BCUT2D eigenvalue weighted by Gasteiger charge is -2.07. The lowest BCUT2D eigenvalue weighted by Crippen LogP contribution is -2.25. The van der Waals surface area contributed by atoms with Crippen LogP contribution in [0.15, 0.2) is 28.7 Å². The number of carbonyl (C=O) groups excluding carboxylic acids is 1. The third-order valence-electron chi connectivity index (χ3n) is 2.72. The van der Waals surface area contributed by atoms with Gasteiger partial charge in [0.25, 0.3) is 5.91 Å². The van der Waals surface area contributed by atoms with Gasteiger partial charge in [0.15, 0.2) is 5.76 Å². The molecular weight excluding hydrogens is 323 g/mol. The average Bonchev–Trinajstić information content (AvgIpc) is 2.84. The minimum absolute atomic E-state index is 0.0878. The van der Waals surface area contributed by atoms with Gasteiger partial charge in [-0.3, -0.25) is 4.79 Å². The second-order valence-electron chi connectivity index (χ2n) is 4.57. The third kappa shape index (κ3) is 4.92. The first-order valence-electron chi connectivity index (χ1n) is 6.47. The number of carbonyl (C=O) groups is 1. The van der Waals surface area contributed by atoms with E-state index in [1.807, 2.05) is 0 Å². The van der Waals surface area contributed by atoms with Crippen LogP contribution in [-0.4, -0.2) is 31.8 Å². The van der Waals surface area contributed by atoms with Crippen molar-refractivity contribution in [3.63, 3.8) is 0 Å². The number of amides is 1. The van der Waals surface area contributed by atoms with Crippen LogP contribution in [0.1, 0.15) is 17.0 Å². The summed E-state index contributed by atoms with van der Waals surface area (Å²) in [7, 11) is 0. The summed E-state index contributed by atoms with van der Waals surface area (Å²) in [4.78, 5) is 11.8. The molecule has 1 aromatic carbocycles. The summed E-state index contributed by atoms with van der Waals surface area (Å²) < 4.78 is 45.3. The van der Waals surface area contributed by atoms with Gasteiger partial charge >= 0.3 is 6.18 Å². The van der Waals surface area contributed by atoms with E-state index in [2.05, 4.69) is 10.1 Å². The van der Waals surface area contributed by atoms with Crippen LogP contribution in [0.3, 0.4) is 0 Å². The molecular formula is C14H13ClF3NO3. The predicted molar refractivity (Wildman–Crippen MR) is 75.0 cm³/mol. The number of benzene rings is 1. The molecule has 22 heavy (non-hydrogen) atoms. The van der Waals surface area contributed by atoms with Crippen LogP contribution in [0.4, 0.5) is 13.2 Å². The quantitative estimate of drug-likeness (QED) is 0.817. The third-order valence-corrected chi connectivity index (χ3v) is 2.95. The van der Waals surface area contributed by atoms with Crippen LogP contribution in [0.2, 0.25) is 5.02 Å². The van der Waals surface area contributed by atoms with Gasteiger partial charge in [-0.1, -0.05) is 11.6 Å². The fourth-order valence-electron chi connectivity index (χ4n) is 1.78. The molecule has 0 aliphatic rings. The van der Waals surface area contributed by atoms with Crippen molar-refractivity contribution < 1.29 is 27.1 Å². The molecule has 0 fully saturated rings. The van der Waals surface area contributed by atoms with Crippen molar-refractivity contribution in [2.24, 2.45) is 0 Å². The molecule has 0 saturated carbocycles. The maximum absolute atomic E-state index is 11.8. The Morgan fingerprint density at radius 2 is 2.09 bits per heavy atom. The molecule has 0 saturated heterocycles. The highest BCUT2D eigenvalue weighted by Gasteiger charge is 2.27. The van der Waals surface area contributed by atoms with E-state index in [9.17, 15) is 18.0 Å². The smallest absolute Gasteiger partial charge is 0.411 e. The zero-order valence-electron chi connectivity index (χ0n) is 11.4. The van der Waals surface area contributed by atoms with E-state index >= 15 is 0 Å². The molecule has 1 heterocycles. The van der Waals surface area contributed by atoms with E-state index in [0.29, 0.717) is 16.0 Å². The summed E-state index contributed by atoms with van der Waals surface area (Å²) in [5.41, 5.74) is 0.531. The first-order valence-corrected chi connectivity index (χ1v) is 6.85. The molecule has 0 spiro atoms. The lowest BCUT2D eigenvalue weighted by molar-refractivity contribution is -0.173. The van der Waals surface area contributed by atoms with Gasteiger partial charge in [0.05, 0.1) is 0 Å². The minimum atomic E-state index is -4.33. The average molecular weight is 336 g/mol. The monoisotopic (exact) mass is 335 g/mol. The van der Waals surface area contributed by atoms with Crippen molar-refractivity contribution in [2.45, 2.75) is 12.6 Å². The zero-order chi connectivity index (χ0) is 16.2. The highest BCUT2D eigenvalue weighted by molar-refractivity contribution is 6.31. The minimum Gasteiger partial charge on any atom is -0.451 e. The van der Waals surface area contributed by atoms with Gasteiger partial charge in [-0.15, -0.1) is 0 Å². The maximum Gasteiger partial charge on any atom is 0.411 e. The van der Waals surface area contributed by atoms with Crippen LogP contribution >= 0.6 is 11.6 Å². The van der Waals surface area contributed by atoms with E-state index in [-0.39, 0.29) is 25.3 Å². The number of halogens is 4. The van der Waals surface area contributed by atoms with Gasteiger partial charge in [-0.05, 0) is 30.7 Å². The van der Waals surface area contributed by atoms with Crippen molar-refractivity contribution in [3.05, 3.63) is 35.0 Å². The number of alkyl halides is 3. The largest absolute Gasteiger partial charge is 0.451 e. The van der Waals surface area contributed by atoms with Crippen LogP contribution in [0.25, 0.3) is 11.0 Å². The Kier molecular flexibility index (Phi) is 5.31. The van der Waals surface area contributed by atoms with Gasteiger partial charge in [0.1, 0.15) is 12.2 Å². The second-order valence-corrected chi connectivity index (χ2v) is 5.01. The topological polar surface area (TPSA) is 51.5 Å². The van der Waals surface area contributed by atoms with Gasteiger partial charge in [-0.2, -0.15) is 13.2 Å². The van der Waals surface area contributed by atoms with E-state index in [0.717, 1.165) is 0 Å². The van der Waals surface area contributed by atoms with Crippen molar-refractivity contribution in [1.29, 1.82) is 0 Å². The van der Waals surface area contributed by atoms with E-state index in [4.69, 9.17) is 16.0 Å². The molecule has 1 aromatic heterocycles. The Morgan fingerprint density at radius 3 is 2.82 bits per heavy atom. The van der Waals surface area contributed by atoms with Crippen molar-refractivity contribution >= 4 is 28.5 Å². The number of furan rings is 1. The Bertz CT molecular complexity index is 654. The van der Waals surface area contributed by atoms with Gasteiger partial charge in [0, 0.05) is 23.6 Å². The lowest BCUT2D eigenvalue weighted by atomic mass is 10.2. The Hall–Kier alpha value is -1.73. The molecule has 4 nitrogen and oxygen atoms in total. The van der Waals surface area contributed by atoms with Crippen LogP contribution < -0.4 is 5.32 Å². The Morgan fingerprint density at radius 1 is 1.32 bits per heavy atom. The Labute approximate surface area is 129 Å². The van der Waals surface area contributed by atoms with Crippen molar-refractivity contribution in [3.8, 4) is 0 Å². The van der Waals surface area contributed by atoms with Gasteiger partial charge in [-0.25, -0.2) is 0 Å². The molecule has 0 aliphatic carbocycles. The van der Waals surface area contributed by atoms with Crippen LogP contribution in [0.5, 0.6) is 0 Å². The summed E-state index contributed by atoms with van der Waals surface area (Å²) in [5, 5.41) is 3.78. The summed E-state index contributed by atoms with van der Waals surface area (Å²) in [6.07, 6.45) is -4.06. The number of rotatable bonds is 6. The molecule has 0 bridgehead atoms. The summed E-state index contributed by atoms with van der Waals surface area (Å²) in [5.74, 6) is -0.323. The molecule has 0 radical (unpaired) electrons. The fourth-order valence-corrected chi connectivity index (χ4v) is 1.96. The van der Waals surface area contributed by atoms with E-state index in [1.165, 1.54) is 0 Å². The summed E-state index contributed by atoms with van der Waals surface area (Å²) in [6.45, 7) is -1.19. The highest BCUT2D eigenvalue weighted by atomic mass is 35.5. The highest BCUT2D eigenvalue weighted by Crippen LogP contribution is 2.22. The molecule has 1 amide bonds. The second kappa shape index (κ2) is 7.02. The van der Waals surface area contributed by atoms with Crippen molar-refractivity contribution in [1.82, 2.24) is 5.32 Å². The summed E-state index contributed by atoms with van der Waals surface area (Å²) >= 11 is 5.84. The first-order chi connectivity index (χ1) is 10.3. The number of hydrogen-bond donors (Lipinski definition) is 1. The number of nitrogens with one attached hydrogen (secondary N) is 1. The number of ether oxygens (including phenoxy) is 1. The van der Waals surface area contributed by atoms with E-state index in [1.54, 1.807) is 24.3 Å². The fraction of sp³-hybridized carbons (Fsp3) is 0.357. The molecule has 2 aromatic rings. The SMILES string of the molecule is O=C(NCCCOCC(F)(F)F)c1cc2cc(Cl)ccc2o1. The molecule has 0 aliphatic heterocycles. The maximum atomic E-state index is 11.8. The molecule has 0 atom stereocenters. The standard InChI is InChI=1S/C14H13ClF3NO3/c15-10-2-3-11-9(6-10)7-12(22-11)13(20)19-4-1-5-21-8-14(16,17)18/h2-3,6-7H,1,4-5,8H2,(H,19,20). The van der Waals surface area contributed by atoms with E-state index < -0.39 is 18.7 Å². The van der Waals surface area contributed by atoms with Crippen molar-refractivity contribution in [2.75, 3.05) is 19.8 Å². The van der Waals surface area contributed by atoms with Gasteiger partial charge in [0.2, 0.25) is 0 Å². The number of fused-ring (bicyclic) bond motifs is 1. The summed E-state index contributed by atoms with van der Waals surface area (Å²) in [6, 6.07) is 6.52. The van der Waals surface area contributed by atoms with Crippen LogP contribution in [-0.2, 0) is 4.74 Å². The Balaban J connectivity index is 1.77. The van der Waals surface area contributed by atoms with Crippen LogP contribution in [0, 0.1) is 0 Å². The molecule has 2 rings (SSSR count). The molecule has 120 valence electrons. The first kappa shape index (κ1) is 16.6. The molecule has 8 heteroatoms. The predicted octanol–water partition coefficient (Wildman–Crippen LogP) is 3.79. The normalized spacial score (nSPS) is 11.8. The molecule has 1 N–H and O–H groups in total. The number of hydrogen-bond acceptors (Lipinski definition) is 3. The molecule has 0 unspecified atom stereocenters.